The average Bonchev–Trinajstić information content (AvgIpc) is 2.38. The number of ether oxygens (including phenoxy) is 1. The average molecular weight is 350 g/mol. The molecule has 0 radical (unpaired) electrons. The number of sulfonamides is 1. The predicted octanol–water partition coefficient (Wildman–Crippen LogP) is 2.93. The smallest absolute Gasteiger partial charge is 0.240 e. The van der Waals surface area contributed by atoms with Gasteiger partial charge in [0.1, 0.15) is 0 Å². The van der Waals surface area contributed by atoms with E-state index < -0.39 is 10.0 Å². The van der Waals surface area contributed by atoms with Crippen LogP contribution in [0.3, 0.4) is 0 Å². The number of benzene rings is 1. The summed E-state index contributed by atoms with van der Waals surface area (Å²) in [6.07, 6.45) is 2.83. The lowest BCUT2D eigenvalue weighted by atomic mass is 10.4. The van der Waals surface area contributed by atoms with Gasteiger partial charge in [-0.05, 0) is 37.1 Å². The number of nitrogens with one attached hydrogen (secondary N) is 1. The Labute approximate surface area is 123 Å². The second-order valence-electron chi connectivity index (χ2n) is 4.17. The Morgan fingerprint density at radius 3 is 2.42 bits per heavy atom. The summed E-state index contributed by atoms with van der Waals surface area (Å²) in [6.45, 7) is 3.83. The minimum absolute atomic E-state index is 0.280. The van der Waals surface area contributed by atoms with Crippen LogP contribution in [0.1, 0.15) is 26.2 Å². The lowest BCUT2D eigenvalue weighted by Gasteiger charge is -2.07. The highest BCUT2D eigenvalue weighted by molar-refractivity contribution is 9.10. The second kappa shape index (κ2) is 8.68. The molecule has 0 heterocycles. The number of halogens is 1. The summed E-state index contributed by atoms with van der Waals surface area (Å²) in [5.74, 6) is 0. The predicted molar refractivity (Wildman–Crippen MR) is 79.7 cm³/mol. The molecule has 0 amide bonds. The first-order chi connectivity index (χ1) is 9.06. The van der Waals surface area contributed by atoms with Crippen LogP contribution in [0.2, 0.25) is 0 Å². The summed E-state index contributed by atoms with van der Waals surface area (Å²) < 4.78 is 32.6. The van der Waals surface area contributed by atoms with Crippen LogP contribution in [-0.2, 0) is 14.8 Å². The molecule has 0 saturated carbocycles. The van der Waals surface area contributed by atoms with Gasteiger partial charge in [0.05, 0.1) is 4.90 Å². The van der Waals surface area contributed by atoms with Crippen LogP contribution in [0.15, 0.2) is 33.6 Å². The van der Waals surface area contributed by atoms with Crippen molar-refractivity contribution in [2.24, 2.45) is 0 Å². The Morgan fingerprint density at radius 2 is 1.79 bits per heavy atom. The molecule has 6 heteroatoms. The van der Waals surface area contributed by atoms with Crippen molar-refractivity contribution >= 4 is 26.0 Å². The van der Waals surface area contributed by atoms with E-state index in [1.807, 2.05) is 0 Å². The minimum atomic E-state index is -3.40. The van der Waals surface area contributed by atoms with Crippen molar-refractivity contribution in [2.75, 3.05) is 19.8 Å². The van der Waals surface area contributed by atoms with Crippen LogP contribution >= 0.6 is 15.9 Å². The van der Waals surface area contributed by atoms with Crippen LogP contribution < -0.4 is 4.72 Å². The van der Waals surface area contributed by atoms with Crippen LogP contribution in [-0.4, -0.2) is 28.2 Å². The first-order valence-corrected chi connectivity index (χ1v) is 8.67. The van der Waals surface area contributed by atoms with Gasteiger partial charge in [0, 0.05) is 24.2 Å². The summed E-state index contributed by atoms with van der Waals surface area (Å²) in [5.41, 5.74) is 0. The van der Waals surface area contributed by atoms with Gasteiger partial charge in [0.2, 0.25) is 10.0 Å². The van der Waals surface area contributed by atoms with Crippen molar-refractivity contribution in [3.63, 3.8) is 0 Å². The first-order valence-electron chi connectivity index (χ1n) is 6.39. The van der Waals surface area contributed by atoms with Crippen molar-refractivity contribution in [3.8, 4) is 0 Å². The molecular weight excluding hydrogens is 330 g/mol. The van der Waals surface area contributed by atoms with Gasteiger partial charge in [-0.2, -0.15) is 0 Å². The summed E-state index contributed by atoms with van der Waals surface area (Å²) in [5, 5.41) is 0. The Morgan fingerprint density at radius 1 is 1.16 bits per heavy atom. The fourth-order valence-electron chi connectivity index (χ4n) is 1.43. The van der Waals surface area contributed by atoms with E-state index in [0.717, 1.165) is 23.9 Å². The third kappa shape index (κ3) is 6.51. The molecule has 0 fully saturated rings. The SMILES string of the molecule is CCCCOCCCNS(=O)(=O)c1ccc(Br)cc1. The Bertz CT molecular complexity index is 459. The molecule has 0 unspecified atom stereocenters. The first kappa shape index (κ1) is 16.6. The molecule has 108 valence electrons. The van der Waals surface area contributed by atoms with E-state index in [4.69, 9.17) is 4.74 Å². The van der Waals surface area contributed by atoms with Crippen LogP contribution in [0.5, 0.6) is 0 Å². The fraction of sp³-hybridized carbons (Fsp3) is 0.538. The third-order valence-electron chi connectivity index (χ3n) is 2.52. The summed E-state index contributed by atoms with van der Waals surface area (Å²) >= 11 is 3.27. The molecular formula is C13H20BrNO3S. The molecule has 1 rings (SSSR count). The Hall–Kier alpha value is -0.430. The molecule has 1 aromatic rings. The Balaban J connectivity index is 2.29. The van der Waals surface area contributed by atoms with E-state index >= 15 is 0 Å². The summed E-state index contributed by atoms with van der Waals surface area (Å²) in [4.78, 5) is 0.280. The van der Waals surface area contributed by atoms with Crippen molar-refractivity contribution < 1.29 is 13.2 Å². The molecule has 1 aromatic carbocycles. The number of unbranched alkanes of at least 4 members (excludes halogenated alkanes) is 1. The topological polar surface area (TPSA) is 55.4 Å². The summed E-state index contributed by atoms with van der Waals surface area (Å²) in [7, 11) is -3.40. The number of hydrogen-bond acceptors (Lipinski definition) is 3. The molecule has 0 atom stereocenters. The van der Waals surface area contributed by atoms with Gasteiger partial charge < -0.3 is 4.74 Å². The second-order valence-corrected chi connectivity index (χ2v) is 6.85. The molecule has 4 nitrogen and oxygen atoms in total. The number of rotatable bonds is 9. The highest BCUT2D eigenvalue weighted by Crippen LogP contribution is 2.14. The van der Waals surface area contributed by atoms with Crippen molar-refractivity contribution in [1.82, 2.24) is 4.72 Å². The van der Waals surface area contributed by atoms with Gasteiger partial charge in [0.15, 0.2) is 0 Å². The minimum Gasteiger partial charge on any atom is -0.381 e. The van der Waals surface area contributed by atoms with Gasteiger partial charge in [0.25, 0.3) is 0 Å². The maximum absolute atomic E-state index is 11.9. The van der Waals surface area contributed by atoms with E-state index in [9.17, 15) is 8.42 Å². The molecule has 0 aromatic heterocycles. The lowest BCUT2D eigenvalue weighted by Crippen LogP contribution is -2.25. The molecule has 0 spiro atoms. The van der Waals surface area contributed by atoms with Crippen molar-refractivity contribution in [3.05, 3.63) is 28.7 Å². The van der Waals surface area contributed by atoms with Gasteiger partial charge >= 0.3 is 0 Å². The van der Waals surface area contributed by atoms with Gasteiger partial charge in [-0.15, -0.1) is 0 Å². The molecule has 19 heavy (non-hydrogen) atoms. The van der Waals surface area contributed by atoms with Gasteiger partial charge in [-0.3, -0.25) is 0 Å². The van der Waals surface area contributed by atoms with E-state index in [1.54, 1.807) is 24.3 Å². The Kier molecular flexibility index (Phi) is 7.60. The zero-order valence-electron chi connectivity index (χ0n) is 11.1. The fourth-order valence-corrected chi connectivity index (χ4v) is 2.76. The number of hydrogen-bond donors (Lipinski definition) is 1. The van der Waals surface area contributed by atoms with Crippen LogP contribution in [0, 0.1) is 0 Å². The van der Waals surface area contributed by atoms with Gasteiger partial charge in [-0.1, -0.05) is 29.3 Å². The molecule has 0 bridgehead atoms. The van der Waals surface area contributed by atoms with E-state index in [1.165, 1.54) is 0 Å². The standard InChI is InChI=1S/C13H20BrNO3S/c1-2-3-10-18-11-4-9-15-19(16,17)13-7-5-12(14)6-8-13/h5-8,15H,2-4,9-11H2,1H3. The largest absolute Gasteiger partial charge is 0.381 e. The molecule has 0 saturated heterocycles. The lowest BCUT2D eigenvalue weighted by molar-refractivity contribution is 0.130. The zero-order chi connectivity index (χ0) is 14.1. The van der Waals surface area contributed by atoms with Crippen molar-refractivity contribution in [1.29, 1.82) is 0 Å². The third-order valence-corrected chi connectivity index (χ3v) is 4.53. The van der Waals surface area contributed by atoms with E-state index in [0.29, 0.717) is 19.6 Å². The molecule has 1 N–H and O–H groups in total. The normalized spacial score (nSPS) is 11.7. The zero-order valence-corrected chi connectivity index (χ0v) is 13.5. The molecule has 0 aliphatic heterocycles. The van der Waals surface area contributed by atoms with E-state index in [-0.39, 0.29) is 4.90 Å². The van der Waals surface area contributed by atoms with Gasteiger partial charge in [-0.25, -0.2) is 13.1 Å². The van der Waals surface area contributed by atoms with Crippen LogP contribution in [0.4, 0.5) is 0 Å². The maximum Gasteiger partial charge on any atom is 0.240 e. The maximum atomic E-state index is 11.9. The summed E-state index contributed by atoms with van der Waals surface area (Å²) in [6, 6.07) is 6.57. The highest BCUT2D eigenvalue weighted by atomic mass is 79.9. The quantitative estimate of drug-likeness (QED) is 0.697. The monoisotopic (exact) mass is 349 g/mol. The molecule has 0 aliphatic rings. The van der Waals surface area contributed by atoms with Crippen molar-refractivity contribution in [2.45, 2.75) is 31.1 Å². The molecule has 0 aliphatic carbocycles. The highest BCUT2D eigenvalue weighted by Gasteiger charge is 2.12. The van der Waals surface area contributed by atoms with E-state index in [2.05, 4.69) is 27.6 Å². The van der Waals surface area contributed by atoms with Crippen LogP contribution in [0.25, 0.3) is 0 Å².